The fourth-order valence-corrected chi connectivity index (χ4v) is 7.09. The van der Waals surface area contributed by atoms with Crippen molar-refractivity contribution in [3.8, 4) is 16.8 Å². The molecule has 0 saturated heterocycles. The summed E-state index contributed by atoms with van der Waals surface area (Å²) in [5, 5.41) is 1.22. The van der Waals surface area contributed by atoms with Crippen molar-refractivity contribution in [1.29, 1.82) is 0 Å². The van der Waals surface area contributed by atoms with Crippen LogP contribution < -0.4 is 9.80 Å². The molecule has 0 aliphatic heterocycles. The second kappa shape index (κ2) is 14.6. The molecule has 1 aromatic heterocycles. The number of hydrogen-bond acceptors (Lipinski definition) is 2. The number of anilines is 6. The summed E-state index contributed by atoms with van der Waals surface area (Å²) in [5.41, 5.74) is 13.5. The summed E-state index contributed by atoms with van der Waals surface area (Å²) in [5.74, 6) is 0. The van der Waals surface area contributed by atoms with Gasteiger partial charge in [-0.25, -0.2) is 0 Å². The molecule has 8 rings (SSSR count). The highest BCUT2D eigenvalue weighted by Crippen LogP contribution is 2.39. The van der Waals surface area contributed by atoms with E-state index in [1.165, 1.54) is 16.5 Å². The Morgan fingerprint density at radius 2 is 0.827 bits per heavy atom. The lowest BCUT2D eigenvalue weighted by Gasteiger charge is -2.28. The summed E-state index contributed by atoms with van der Waals surface area (Å²) < 4.78 is 2.30. The fourth-order valence-electron chi connectivity index (χ4n) is 7.09. The first-order valence-electron chi connectivity index (χ1n) is 17.7. The maximum absolute atomic E-state index is 4.16. The minimum atomic E-state index is 1.09. The molecule has 0 N–H and O–H groups in total. The van der Waals surface area contributed by atoms with Crippen LogP contribution in [-0.2, 0) is 0 Å². The van der Waals surface area contributed by atoms with E-state index in [9.17, 15) is 0 Å². The lowest BCUT2D eigenvalue weighted by atomic mass is 10.0. The average Bonchev–Trinajstić information content (AvgIpc) is 3.53. The quantitative estimate of drug-likeness (QED) is 0.144. The van der Waals surface area contributed by atoms with Crippen molar-refractivity contribution >= 4 is 57.2 Å². The molecular weight excluding hydrogens is 631 g/mol. The molecule has 0 saturated carbocycles. The van der Waals surface area contributed by atoms with E-state index in [1.54, 1.807) is 0 Å². The number of nitrogens with zero attached hydrogens (tertiary/aromatic N) is 3. The van der Waals surface area contributed by atoms with Crippen molar-refractivity contribution in [3.63, 3.8) is 0 Å². The van der Waals surface area contributed by atoms with Gasteiger partial charge in [0.15, 0.2) is 0 Å². The Morgan fingerprint density at radius 1 is 0.442 bits per heavy atom. The topological polar surface area (TPSA) is 11.4 Å². The summed E-state index contributed by atoms with van der Waals surface area (Å²) in [6, 6.07) is 66.6. The third-order valence-electron chi connectivity index (χ3n) is 9.47. The van der Waals surface area contributed by atoms with Crippen molar-refractivity contribution in [2.75, 3.05) is 9.80 Å². The Kier molecular flexibility index (Phi) is 9.06. The molecule has 0 fully saturated rings. The largest absolute Gasteiger partial charge is 0.311 e. The predicted molar refractivity (Wildman–Crippen MR) is 223 cm³/mol. The molecule has 250 valence electrons. The van der Waals surface area contributed by atoms with Crippen molar-refractivity contribution in [2.45, 2.75) is 6.92 Å². The van der Waals surface area contributed by atoms with Gasteiger partial charge < -0.3 is 14.4 Å². The molecule has 3 heteroatoms. The molecule has 0 amide bonds. The van der Waals surface area contributed by atoms with Crippen LogP contribution in [0.1, 0.15) is 18.2 Å². The van der Waals surface area contributed by atoms with E-state index in [-0.39, 0.29) is 0 Å². The molecule has 3 nitrogen and oxygen atoms in total. The normalized spacial score (nSPS) is 11.2. The molecule has 8 aromatic rings. The first kappa shape index (κ1) is 32.4. The summed E-state index contributed by atoms with van der Waals surface area (Å²) >= 11 is 0. The highest BCUT2D eigenvalue weighted by atomic mass is 15.2. The van der Waals surface area contributed by atoms with Crippen LogP contribution >= 0.6 is 0 Å². The molecule has 0 aliphatic carbocycles. The van der Waals surface area contributed by atoms with Gasteiger partial charge in [0.05, 0.1) is 11.2 Å². The Hall–Kier alpha value is -6.84. The number of fused-ring (bicyclic) bond motifs is 1. The van der Waals surface area contributed by atoms with Gasteiger partial charge in [-0.05, 0) is 115 Å². The molecule has 0 spiro atoms. The van der Waals surface area contributed by atoms with Crippen LogP contribution in [0.4, 0.5) is 34.1 Å². The fraction of sp³-hybridized carbons (Fsp3) is 0.0204. The smallest absolute Gasteiger partial charge is 0.0541 e. The average molecular weight is 670 g/mol. The molecule has 7 aromatic carbocycles. The SMILES string of the molecule is C=Cc1c(/C=C\C)c2ccccc2n1-c1ccc(-c2ccc(N(c3ccccc3)c3ccc(N(c4ccccc4)c4ccccc4)cc3)cc2)cc1. The van der Waals surface area contributed by atoms with Gasteiger partial charge >= 0.3 is 0 Å². The van der Waals surface area contributed by atoms with Gasteiger partial charge in [-0.2, -0.15) is 0 Å². The van der Waals surface area contributed by atoms with Gasteiger partial charge in [0.2, 0.25) is 0 Å². The van der Waals surface area contributed by atoms with Gasteiger partial charge in [-0.3, -0.25) is 0 Å². The van der Waals surface area contributed by atoms with E-state index in [2.05, 4.69) is 228 Å². The number of benzene rings is 7. The number of hydrogen-bond donors (Lipinski definition) is 0. The second-order valence-electron chi connectivity index (χ2n) is 12.6. The zero-order chi connectivity index (χ0) is 35.3. The Balaban J connectivity index is 1.11. The summed E-state index contributed by atoms with van der Waals surface area (Å²) in [6.45, 7) is 6.22. The molecule has 0 bridgehead atoms. The van der Waals surface area contributed by atoms with Crippen molar-refractivity contribution < 1.29 is 0 Å². The first-order chi connectivity index (χ1) is 25.7. The summed E-state index contributed by atoms with van der Waals surface area (Å²) in [4.78, 5) is 4.59. The maximum atomic E-state index is 4.16. The second-order valence-corrected chi connectivity index (χ2v) is 12.6. The van der Waals surface area contributed by atoms with Crippen molar-refractivity contribution in [2.24, 2.45) is 0 Å². The zero-order valence-electron chi connectivity index (χ0n) is 29.2. The third kappa shape index (κ3) is 6.21. The lowest BCUT2D eigenvalue weighted by Crippen LogP contribution is -2.12. The van der Waals surface area contributed by atoms with E-state index in [0.717, 1.165) is 56.6 Å². The number of rotatable bonds is 10. The minimum absolute atomic E-state index is 1.09. The highest BCUT2D eigenvalue weighted by Gasteiger charge is 2.17. The van der Waals surface area contributed by atoms with Crippen molar-refractivity contribution in [1.82, 2.24) is 4.57 Å². The summed E-state index contributed by atoms with van der Waals surface area (Å²) in [6.07, 6.45) is 6.21. The molecule has 0 atom stereocenters. The van der Waals surface area contributed by atoms with E-state index in [0.29, 0.717) is 0 Å². The molecule has 0 aliphatic rings. The van der Waals surface area contributed by atoms with Crippen LogP contribution in [0.15, 0.2) is 201 Å². The van der Waals surface area contributed by atoms with Gasteiger partial charge in [-0.15, -0.1) is 0 Å². The first-order valence-corrected chi connectivity index (χ1v) is 17.7. The summed E-state index contributed by atoms with van der Waals surface area (Å²) in [7, 11) is 0. The van der Waals surface area contributed by atoms with E-state index >= 15 is 0 Å². The van der Waals surface area contributed by atoms with Crippen LogP contribution in [-0.4, -0.2) is 4.57 Å². The van der Waals surface area contributed by atoms with Crippen LogP contribution in [0.25, 0.3) is 39.9 Å². The molecule has 1 heterocycles. The molecular formula is C49H39N3. The van der Waals surface area contributed by atoms with E-state index in [1.807, 2.05) is 6.08 Å². The van der Waals surface area contributed by atoms with Gasteiger partial charge in [0.25, 0.3) is 0 Å². The Labute approximate surface area is 306 Å². The Bertz CT molecular complexity index is 2400. The highest BCUT2D eigenvalue weighted by molar-refractivity contribution is 5.95. The maximum Gasteiger partial charge on any atom is 0.0541 e. The Morgan fingerprint density at radius 3 is 1.27 bits per heavy atom. The predicted octanol–water partition coefficient (Wildman–Crippen LogP) is 13.9. The van der Waals surface area contributed by atoms with Crippen LogP contribution in [0.3, 0.4) is 0 Å². The van der Waals surface area contributed by atoms with Gasteiger partial charge in [0.1, 0.15) is 0 Å². The van der Waals surface area contributed by atoms with Gasteiger partial charge in [0, 0.05) is 50.8 Å². The number of para-hydroxylation sites is 4. The van der Waals surface area contributed by atoms with Crippen LogP contribution in [0.2, 0.25) is 0 Å². The monoisotopic (exact) mass is 669 g/mol. The van der Waals surface area contributed by atoms with Crippen LogP contribution in [0, 0.1) is 0 Å². The lowest BCUT2D eigenvalue weighted by molar-refractivity contribution is 1.11. The molecule has 0 radical (unpaired) electrons. The van der Waals surface area contributed by atoms with E-state index < -0.39 is 0 Å². The van der Waals surface area contributed by atoms with E-state index in [4.69, 9.17) is 0 Å². The van der Waals surface area contributed by atoms with Crippen LogP contribution in [0.5, 0.6) is 0 Å². The number of allylic oxidation sites excluding steroid dienone is 1. The zero-order valence-corrected chi connectivity index (χ0v) is 29.2. The third-order valence-corrected chi connectivity index (χ3v) is 9.47. The van der Waals surface area contributed by atoms with Crippen molar-refractivity contribution in [3.05, 3.63) is 212 Å². The molecule has 52 heavy (non-hydrogen) atoms. The van der Waals surface area contributed by atoms with Gasteiger partial charge in [-0.1, -0.05) is 116 Å². The molecule has 0 unspecified atom stereocenters. The standard InChI is InChI=1S/C49H39N3/c1-3-16-46-47-23-14-15-24-49(47)52(48(46)4-2)45-31-27-38(28-32-45)37-25-29-42(30-26-37)51(41-21-12-7-13-22-41)44-35-33-43(34-36-44)50(39-17-8-5-9-18-39)40-19-10-6-11-20-40/h3-36H,2H2,1H3/b16-3-. The minimum Gasteiger partial charge on any atom is -0.311 e. The number of aromatic nitrogens is 1.